The number of rotatable bonds is 9. The van der Waals surface area contributed by atoms with Crippen LogP contribution in [-0.4, -0.2) is 32.3 Å². The standard InChI is InChI=1S/C21H25N5O3S/c1-4-26-20(17-6-5-11-29-17)24-25-21(26)30-13-19(28)23-16-9-7-15(8-10-16)22-18(27)12-14(2)3/h5-11,14H,4,12-13H2,1-3H3,(H,22,27)(H,23,28). The van der Waals surface area contributed by atoms with E-state index >= 15 is 0 Å². The van der Waals surface area contributed by atoms with E-state index in [1.165, 1.54) is 11.8 Å². The summed E-state index contributed by atoms with van der Waals surface area (Å²) in [5, 5.41) is 14.7. The Hall–Kier alpha value is -3.07. The van der Waals surface area contributed by atoms with E-state index in [4.69, 9.17) is 4.42 Å². The predicted molar refractivity (Wildman–Crippen MR) is 117 cm³/mol. The van der Waals surface area contributed by atoms with Crippen LogP contribution in [0.25, 0.3) is 11.6 Å². The van der Waals surface area contributed by atoms with Crippen LogP contribution in [-0.2, 0) is 16.1 Å². The molecule has 158 valence electrons. The Morgan fingerprint density at radius 1 is 1.07 bits per heavy atom. The highest BCUT2D eigenvalue weighted by atomic mass is 32.2. The third kappa shape index (κ3) is 5.73. The minimum atomic E-state index is -0.151. The Morgan fingerprint density at radius 3 is 2.30 bits per heavy atom. The molecule has 8 nitrogen and oxygen atoms in total. The van der Waals surface area contributed by atoms with Gasteiger partial charge in [0, 0.05) is 24.3 Å². The lowest BCUT2D eigenvalue weighted by Crippen LogP contribution is -2.15. The van der Waals surface area contributed by atoms with Crippen LogP contribution in [0.15, 0.2) is 52.2 Å². The number of hydrogen-bond donors (Lipinski definition) is 2. The number of benzene rings is 1. The first-order valence-corrected chi connectivity index (χ1v) is 10.7. The van der Waals surface area contributed by atoms with Crippen LogP contribution >= 0.6 is 11.8 Å². The topological polar surface area (TPSA) is 102 Å². The molecule has 3 rings (SSSR count). The molecule has 2 N–H and O–H groups in total. The van der Waals surface area contributed by atoms with Crippen LogP contribution in [0.4, 0.5) is 11.4 Å². The fourth-order valence-corrected chi connectivity index (χ4v) is 3.62. The first-order chi connectivity index (χ1) is 14.5. The summed E-state index contributed by atoms with van der Waals surface area (Å²) in [5.41, 5.74) is 1.37. The monoisotopic (exact) mass is 427 g/mol. The first-order valence-electron chi connectivity index (χ1n) is 9.76. The quantitative estimate of drug-likeness (QED) is 0.494. The zero-order valence-electron chi connectivity index (χ0n) is 17.2. The lowest BCUT2D eigenvalue weighted by atomic mass is 10.1. The number of nitrogens with zero attached hydrogens (tertiary/aromatic N) is 3. The van der Waals surface area contributed by atoms with Crippen LogP contribution in [0.3, 0.4) is 0 Å². The normalized spacial score (nSPS) is 10.9. The molecule has 2 amide bonds. The van der Waals surface area contributed by atoms with Gasteiger partial charge in [-0.05, 0) is 49.2 Å². The van der Waals surface area contributed by atoms with Crippen molar-refractivity contribution in [2.24, 2.45) is 5.92 Å². The third-order valence-electron chi connectivity index (χ3n) is 4.15. The Bertz CT molecular complexity index is 981. The van der Waals surface area contributed by atoms with Gasteiger partial charge < -0.3 is 15.1 Å². The molecular formula is C21H25N5O3S. The van der Waals surface area contributed by atoms with E-state index in [1.807, 2.05) is 31.4 Å². The Kier molecular flexibility index (Phi) is 7.29. The molecule has 9 heteroatoms. The molecule has 2 heterocycles. The summed E-state index contributed by atoms with van der Waals surface area (Å²) in [5.74, 6) is 1.61. The number of hydrogen-bond acceptors (Lipinski definition) is 6. The lowest BCUT2D eigenvalue weighted by molar-refractivity contribution is -0.117. The summed E-state index contributed by atoms with van der Waals surface area (Å²) in [7, 11) is 0. The molecule has 0 saturated heterocycles. The number of aromatic nitrogens is 3. The van der Waals surface area contributed by atoms with Crippen LogP contribution in [0.5, 0.6) is 0 Å². The largest absolute Gasteiger partial charge is 0.461 e. The lowest BCUT2D eigenvalue weighted by Gasteiger charge is -2.09. The summed E-state index contributed by atoms with van der Waals surface area (Å²) in [6, 6.07) is 10.7. The fourth-order valence-electron chi connectivity index (χ4n) is 2.82. The van der Waals surface area contributed by atoms with Crippen molar-refractivity contribution < 1.29 is 14.0 Å². The Balaban J connectivity index is 1.53. The second-order valence-corrected chi connectivity index (χ2v) is 8.03. The van der Waals surface area contributed by atoms with Gasteiger partial charge in [0.05, 0.1) is 12.0 Å². The molecule has 0 aliphatic rings. The number of carbonyl (C=O) groups excluding carboxylic acids is 2. The Morgan fingerprint density at radius 2 is 1.73 bits per heavy atom. The van der Waals surface area contributed by atoms with Crippen LogP contribution in [0.1, 0.15) is 27.2 Å². The summed E-state index contributed by atoms with van der Waals surface area (Å²) >= 11 is 1.31. The van der Waals surface area contributed by atoms with Gasteiger partial charge in [-0.3, -0.25) is 14.2 Å². The smallest absolute Gasteiger partial charge is 0.234 e. The fraction of sp³-hybridized carbons (Fsp3) is 0.333. The van der Waals surface area contributed by atoms with Gasteiger partial charge in [0.25, 0.3) is 0 Å². The highest BCUT2D eigenvalue weighted by Gasteiger charge is 2.16. The van der Waals surface area contributed by atoms with Crippen molar-refractivity contribution in [3.05, 3.63) is 42.7 Å². The van der Waals surface area contributed by atoms with Crippen LogP contribution in [0, 0.1) is 5.92 Å². The zero-order chi connectivity index (χ0) is 21.5. The molecule has 3 aromatic rings. The number of carbonyl (C=O) groups is 2. The van der Waals surface area contributed by atoms with Gasteiger partial charge in [-0.2, -0.15) is 0 Å². The van der Waals surface area contributed by atoms with Gasteiger partial charge >= 0.3 is 0 Å². The number of anilines is 2. The second-order valence-electron chi connectivity index (χ2n) is 7.09. The average molecular weight is 428 g/mol. The summed E-state index contributed by atoms with van der Waals surface area (Å²) in [6.45, 7) is 6.65. The molecule has 0 spiro atoms. The maximum absolute atomic E-state index is 12.3. The molecule has 2 aromatic heterocycles. The zero-order valence-corrected chi connectivity index (χ0v) is 18.0. The molecule has 0 atom stereocenters. The van der Waals surface area contributed by atoms with Gasteiger partial charge in [-0.15, -0.1) is 10.2 Å². The predicted octanol–water partition coefficient (Wildman–Crippen LogP) is 4.27. The van der Waals surface area contributed by atoms with Crippen molar-refractivity contribution >= 4 is 35.0 Å². The van der Waals surface area contributed by atoms with E-state index < -0.39 is 0 Å². The molecule has 0 aliphatic heterocycles. The molecule has 0 saturated carbocycles. The van der Waals surface area contributed by atoms with Crippen molar-refractivity contribution in [1.82, 2.24) is 14.8 Å². The molecule has 0 unspecified atom stereocenters. The molecule has 0 fully saturated rings. The van der Waals surface area contributed by atoms with Gasteiger partial charge in [0.15, 0.2) is 16.7 Å². The third-order valence-corrected chi connectivity index (χ3v) is 5.12. The first kappa shape index (κ1) is 21.6. The Labute approximate surface area is 179 Å². The second kappa shape index (κ2) is 10.1. The molecule has 0 radical (unpaired) electrons. The van der Waals surface area contributed by atoms with Crippen molar-refractivity contribution in [2.45, 2.75) is 38.9 Å². The average Bonchev–Trinajstić information content (AvgIpc) is 3.36. The summed E-state index contributed by atoms with van der Waals surface area (Å²) < 4.78 is 7.30. The summed E-state index contributed by atoms with van der Waals surface area (Å²) in [4.78, 5) is 24.2. The van der Waals surface area contributed by atoms with Crippen LogP contribution in [0.2, 0.25) is 0 Å². The maximum atomic E-state index is 12.3. The van der Waals surface area contributed by atoms with E-state index in [1.54, 1.807) is 36.6 Å². The highest BCUT2D eigenvalue weighted by Crippen LogP contribution is 2.24. The molecular weight excluding hydrogens is 402 g/mol. The van der Waals surface area contributed by atoms with E-state index in [0.717, 1.165) is 0 Å². The number of amides is 2. The molecule has 0 aliphatic carbocycles. The van der Waals surface area contributed by atoms with E-state index in [2.05, 4.69) is 20.8 Å². The molecule has 30 heavy (non-hydrogen) atoms. The minimum absolute atomic E-state index is 0.0212. The molecule has 1 aromatic carbocycles. The molecule has 0 bridgehead atoms. The summed E-state index contributed by atoms with van der Waals surface area (Å²) in [6.07, 6.45) is 2.06. The SMILES string of the molecule is CCn1c(SCC(=O)Nc2ccc(NC(=O)CC(C)C)cc2)nnc1-c1ccco1. The van der Waals surface area contributed by atoms with E-state index in [0.29, 0.717) is 47.0 Å². The highest BCUT2D eigenvalue weighted by molar-refractivity contribution is 7.99. The minimum Gasteiger partial charge on any atom is -0.461 e. The van der Waals surface area contributed by atoms with E-state index in [9.17, 15) is 9.59 Å². The number of furan rings is 1. The number of nitrogens with one attached hydrogen (secondary N) is 2. The van der Waals surface area contributed by atoms with Gasteiger partial charge in [-0.25, -0.2) is 0 Å². The van der Waals surface area contributed by atoms with Gasteiger partial charge in [-0.1, -0.05) is 25.6 Å². The van der Waals surface area contributed by atoms with Gasteiger partial charge in [0.1, 0.15) is 0 Å². The van der Waals surface area contributed by atoms with Crippen molar-refractivity contribution in [3.8, 4) is 11.6 Å². The number of thioether (sulfide) groups is 1. The van der Waals surface area contributed by atoms with Crippen molar-refractivity contribution in [1.29, 1.82) is 0 Å². The van der Waals surface area contributed by atoms with Crippen molar-refractivity contribution in [2.75, 3.05) is 16.4 Å². The van der Waals surface area contributed by atoms with Gasteiger partial charge in [0.2, 0.25) is 11.8 Å². The maximum Gasteiger partial charge on any atom is 0.234 e. The van der Waals surface area contributed by atoms with Crippen molar-refractivity contribution in [3.63, 3.8) is 0 Å². The van der Waals surface area contributed by atoms with E-state index in [-0.39, 0.29) is 17.6 Å². The van der Waals surface area contributed by atoms with Crippen LogP contribution < -0.4 is 10.6 Å².